The summed E-state index contributed by atoms with van der Waals surface area (Å²) in [7, 11) is 0. The van der Waals surface area contributed by atoms with Crippen LogP contribution in [0.5, 0.6) is 0 Å². The Morgan fingerprint density at radius 2 is 1.89 bits per heavy atom. The highest BCUT2D eigenvalue weighted by Gasteiger charge is 2.20. The monoisotopic (exact) mass is 272 g/mol. The average molecular weight is 272 g/mol. The van der Waals surface area contributed by atoms with Gasteiger partial charge in [-0.2, -0.15) is 0 Å². The highest BCUT2D eigenvalue weighted by molar-refractivity contribution is 5.92. The Bertz CT molecular complexity index is 334. The summed E-state index contributed by atoms with van der Waals surface area (Å²) in [5.41, 5.74) is 0. The molecule has 0 saturated carbocycles. The molecule has 1 N–H and O–H groups in total. The third-order valence-electron chi connectivity index (χ3n) is 2.20. The molecule has 19 heavy (non-hydrogen) atoms. The van der Waals surface area contributed by atoms with Crippen molar-refractivity contribution in [1.29, 1.82) is 0 Å². The number of aliphatic carboxylic acids is 1. The predicted octanol–water partition coefficient (Wildman–Crippen LogP) is 1.33. The number of carboxylic acid groups (broad SMARTS) is 1. The summed E-state index contributed by atoms with van der Waals surface area (Å²) in [4.78, 5) is 33.3. The topological polar surface area (TPSA) is 89.9 Å². The molecule has 6 heteroatoms. The molecule has 1 unspecified atom stereocenters. The van der Waals surface area contributed by atoms with Crippen LogP contribution in [0.15, 0.2) is 12.2 Å². The van der Waals surface area contributed by atoms with Gasteiger partial charge in [0.25, 0.3) is 0 Å². The van der Waals surface area contributed by atoms with Crippen LogP contribution in [0.4, 0.5) is 0 Å². The zero-order valence-electron chi connectivity index (χ0n) is 11.3. The van der Waals surface area contributed by atoms with E-state index >= 15 is 0 Å². The average Bonchev–Trinajstić information content (AvgIpc) is 2.35. The molecular formula is C13H20O6. The number of ether oxygens (including phenoxy) is 2. The zero-order valence-corrected chi connectivity index (χ0v) is 11.3. The number of Topliss-reactive ketones (excluding diaryl/α,β-unsaturated/α-hetero) is 1. The third-order valence-corrected chi connectivity index (χ3v) is 2.20. The number of esters is 1. The Morgan fingerprint density at radius 1 is 1.21 bits per heavy atom. The maximum absolute atomic E-state index is 11.7. The molecule has 0 radical (unpaired) electrons. The second-order valence-corrected chi connectivity index (χ2v) is 3.80. The summed E-state index contributed by atoms with van der Waals surface area (Å²) in [5.74, 6) is -2.27. The first-order valence-corrected chi connectivity index (χ1v) is 6.23. The molecule has 0 aliphatic carbocycles. The number of rotatable bonds is 10. The second-order valence-electron chi connectivity index (χ2n) is 3.80. The molecule has 108 valence electrons. The minimum Gasteiger partial charge on any atom is -0.478 e. The summed E-state index contributed by atoms with van der Waals surface area (Å²) < 4.78 is 10.1. The lowest BCUT2D eigenvalue weighted by Gasteiger charge is -2.15. The van der Waals surface area contributed by atoms with Crippen molar-refractivity contribution in [2.45, 2.75) is 39.2 Å². The summed E-state index contributed by atoms with van der Waals surface area (Å²) in [5, 5.41) is 8.38. The van der Waals surface area contributed by atoms with Gasteiger partial charge in [-0.1, -0.05) is 6.92 Å². The Hall–Kier alpha value is -1.69. The summed E-state index contributed by atoms with van der Waals surface area (Å²) in [6, 6.07) is 0. The van der Waals surface area contributed by atoms with Crippen LogP contribution in [-0.4, -0.2) is 42.1 Å². The molecule has 6 nitrogen and oxygen atoms in total. The van der Waals surface area contributed by atoms with Crippen molar-refractivity contribution in [2.75, 3.05) is 13.2 Å². The van der Waals surface area contributed by atoms with E-state index in [9.17, 15) is 14.4 Å². The lowest BCUT2D eigenvalue weighted by molar-refractivity contribution is -0.151. The van der Waals surface area contributed by atoms with Gasteiger partial charge in [0.05, 0.1) is 6.61 Å². The van der Waals surface area contributed by atoms with Crippen LogP contribution >= 0.6 is 0 Å². The van der Waals surface area contributed by atoms with E-state index in [0.717, 1.165) is 6.08 Å². The first-order chi connectivity index (χ1) is 9.01. The van der Waals surface area contributed by atoms with Crippen LogP contribution in [0.3, 0.4) is 0 Å². The predicted molar refractivity (Wildman–Crippen MR) is 67.7 cm³/mol. The van der Waals surface area contributed by atoms with Gasteiger partial charge in [0.2, 0.25) is 0 Å². The Balaban J connectivity index is 4.43. The SMILES string of the molecule is CCCC(=O)C(CCOCC)OC(=O)/C=C/C(=O)O. The standard InChI is InChI=1S/C13H20O6/c1-3-5-10(14)11(8-9-18-4-2)19-13(17)7-6-12(15)16/h6-7,11H,3-5,8-9H2,1-2H3,(H,15,16)/b7-6+. The molecular weight excluding hydrogens is 252 g/mol. The fourth-order valence-corrected chi connectivity index (χ4v) is 1.35. The number of carboxylic acids is 1. The smallest absolute Gasteiger partial charge is 0.331 e. The number of carbonyl (C=O) groups is 3. The van der Waals surface area contributed by atoms with Gasteiger partial charge in [-0.3, -0.25) is 4.79 Å². The van der Waals surface area contributed by atoms with Gasteiger partial charge >= 0.3 is 11.9 Å². The minimum atomic E-state index is -1.25. The number of ketones is 1. The largest absolute Gasteiger partial charge is 0.478 e. The molecule has 0 aromatic rings. The molecule has 0 aliphatic rings. The zero-order chi connectivity index (χ0) is 14.7. The van der Waals surface area contributed by atoms with E-state index in [1.54, 1.807) is 0 Å². The van der Waals surface area contributed by atoms with Gasteiger partial charge < -0.3 is 14.6 Å². The van der Waals surface area contributed by atoms with Crippen molar-refractivity contribution in [3.05, 3.63) is 12.2 Å². The molecule has 0 spiro atoms. The molecule has 0 bridgehead atoms. The lowest BCUT2D eigenvalue weighted by atomic mass is 10.1. The fraction of sp³-hybridized carbons (Fsp3) is 0.615. The second kappa shape index (κ2) is 10.3. The van der Waals surface area contributed by atoms with E-state index in [2.05, 4.69) is 0 Å². The van der Waals surface area contributed by atoms with Crippen molar-refractivity contribution in [1.82, 2.24) is 0 Å². The van der Waals surface area contributed by atoms with Crippen LogP contribution in [0.25, 0.3) is 0 Å². The first-order valence-electron chi connectivity index (χ1n) is 6.23. The minimum absolute atomic E-state index is 0.181. The summed E-state index contributed by atoms with van der Waals surface area (Å²) in [6.45, 7) is 4.50. The number of hydrogen-bond acceptors (Lipinski definition) is 5. The molecule has 1 atom stereocenters. The van der Waals surface area contributed by atoms with Crippen molar-refractivity contribution in [3.8, 4) is 0 Å². The highest BCUT2D eigenvalue weighted by atomic mass is 16.5. The number of hydrogen-bond donors (Lipinski definition) is 1. The van der Waals surface area contributed by atoms with E-state index in [0.29, 0.717) is 32.1 Å². The van der Waals surface area contributed by atoms with Gasteiger partial charge in [-0.15, -0.1) is 0 Å². The van der Waals surface area contributed by atoms with Crippen LogP contribution in [0.2, 0.25) is 0 Å². The van der Waals surface area contributed by atoms with Gasteiger partial charge in [-0.05, 0) is 13.3 Å². The Kier molecular flexibility index (Phi) is 9.34. The normalized spacial score (nSPS) is 12.3. The summed E-state index contributed by atoms with van der Waals surface area (Å²) >= 11 is 0. The molecule has 0 aromatic carbocycles. The maximum atomic E-state index is 11.7. The lowest BCUT2D eigenvalue weighted by Crippen LogP contribution is -2.28. The van der Waals surface area contributed by atoms with E-state index in [1.165, 1.54) is 0 Å². The molecule has 0 fully saturated rings. The summed E-state index contributed by atoms with van der Waals surface area (Å²) in [6.07, 6.45) is 1.83. The van der Waals surface area contributed by atoms with Crippen LogP contribution in [-0.2, 0) is 23.9 Å². The third kappa shape index (κ3) is 8.96. The van der Waals surface area contributed by atoms with Crippen molar-refractivity contribution in [2.24, 2.45) is 0 Å². The van der Waals surface area contributed by atoms with Gasteiger partial charge in [0.1, 0.15) is 0 Å². The van der Waals surface area contributed by atoms with Crippen LogP contribution in [0, 0.1) is 0 Å². The fourth-order valence-electron chi connectivity index (χ4n) is 1.35. The first kappa shape index (κ1) is 17.3. The molecule has 0 rings (SSSR count). The van der Waals surface area contributed by atoms with E-state index in [4.69, 9.17) is 14.6 Å². The molecule has 0 amide bonds. The van der Waals surface area contributed by atoms with Crippen molar-refractivity contribution < 1.29 is 29.0 Å². The Labute approximate surface area is 112 Å². The molecule has 0 heterocycles. The van der Waals surface area contributed by atoms with Gasteiger partial charge in [0, 0.05) is 31.6 Å². The maximum Gasteiger partial charge on any atom is 0.331 e. The quantitative estimate of drug-likeness (QED) is 0.366. The van der Waals surface area contributed by atoms with Gasteiger partial charge in [-0.25, -0.2) is 9.59 Å². The molecule has 0 aliphatic heterocycles. The number of carbonyl (C=O) groups excluding carboxylic acids is 2. The molecule has 0 aromatic heterocycles. The highest BCUT2D eigenvalue weighted by Crippen LogP contribution is 2.06. The molecule has 0 saturated heterocycles. The van der Waals surface area contributed by atoms with E-state index in [1.807, 2.05) is 13.8 Å². The van der Waals surface area contributed by atoms with Crippen molar-refractivity contribution >= 4 is 17.7 Å². The van der Waals surface area contributed by atoms with Crippen LogP contribution < -0.4 is 0 Å². The Morgan fingerprint density at radius 3 is 2.42 bits per heavy atom. The van der Waals surface area contributed by atoms with E-state index < -0.39 is 18.0 Å². The van der Waals surface area contributed by atoms with Crippen LogP contribution in [0.1, 0.15) is 33.1 Å². The van der Waals surface area contributed by atoms with Gasteiger partial charge in [0.15, 0.2) is 11.9 Å². The van der Waals surface area contributed by atoms with Crippen molar-refractivity contribution in [3.63, 3.8) is 0 Å². The van der Waals surface area contributed by atoms with E-state index in [-0.39, 0.29) is 12.2 Å².